The normalized spacial score (nSPS) is 19.9. The van der Waals surface area contributed by atoms with E-state index in [2.05, 4.69) is 23.9 Å². The minimum Gasteiger partial charge on any atom is -0.404 e. The van der Waals surface area contributed by atoms with Crippen LogP contribution in [0.25, 0.3) is 0 Å². The molecule has 1 heterocycles. The van der Waals surface area contributed by atoms with E-state index in [0.717, 1.165) is 13.0 Å². The molecule has 0 bridgehead atoms. The Morgan fingerprint density at radius 1 is 1.33 bits per heavy atom. The lowest BCUT2D eigenvalue weighted by atomic mass is 10.0. The van der Waals surface area contributed by atoms with Gasteiger partial charge < -0.3 is 15.0 Å². The maximum Gasteiger partial charge on any atom is 0.573 e. The van der Waals surface area contributed by atoms with E-state index < -0.39 is 6.36 Å². The molecule has 0 spiro atoms. The van der Waals surface area contributed by atoms with Crippen molar-refractivity contribution in [2.24, 2.45) is 5.92 Å². The molecule has 118 valence electrons. The largest absolute Gasteiger partial charge is 0.573 e. The van der Waals surface area contributed by atoms with Gasteiger partial charge in [0.2, 0.25) is 0 Å². The second-order valence-corrected chi connectivity index (χ2v) is 5.74. The van der Waals surface area contributed by atoms with Crippen molar-refractivity contribution >= 4 is 5.69 Å². The SMILES string of the molecule is CC(C)CC1CN(c2ccccc2OC(F)(F)F)CCN1. The molecule has 0 radical (unpaired) electrons. The molecule has 1 saturated heterocycles. The number of piperazine rings is 1. The van der Waals surface area contributed by atoms with Crippen molar-refractivity contribution in [1.82, 2.24) is 5.32 Å². The van der Waals surface area contributed by atoms with Gasteiger partial charge in [-0.2, -0.15) is 0 Å². The highest BCUT2D eigenvalue weighted by Crippen LogP contribution is 2.33. The summed E-state index contributed by atoms with van der Waals surface area (Å²) in [5, 5.41) is 3.41. The van der Waals surface area contributed by atoms with Gasteiger partial charge >= 0.3 is 6.36 Å². The predicted octanol–water partition coefficient (Wildman–Crippen LogP) is 3.41. The molecular formula is C15H21F3N2O. The Bertz CT molecular complexity index is 462. The minimum absolute atomic E-state index is 0.129. The van der Waals surface area contributed by atoms with Crippen molar-refractivity contribution in [3.63, 3.8) is 0 Å². The second kappa shape index (κ2) is 6.56. The fourth-order valence-electron chi connectivity index (χ4n) is 2.70. The lowest BCUT2D eigenvalue weighted by Gasteiger charge is -2.36. The average molecular weight is 302 g/mol. The molecule has 21 heavy (non-hydrogen) atoms. The molecule has 0 amide bonds. The number of halogens is 3. The predicted molar refractivity (Wildman–Crippen MR) is 76.6 cm³/mol. The van der Waals surface area contributed by atoms with Crippen molar-refractivity contribution < 1.29 is 17.9 Å². The summed E-state index contributed by atoms with van der Waals surface area (Å²) in [6, 6.07) is 6.62. The minimum atomic E-state index is -4.67. The number of hydrogen-bond acceptors (Lipinski definition) is 3. The summed E-state index contributed by atoms with van der Waals surface area (Å²) >= 11 is 0. The van der Waals surface area contributed by atoms with E-state index in [1.807, 2.05) is 4.90 Å². The lowest BCUT2D eigenvalue weighted by molar-refractivity contribution is -0.274. The van der Waals surface area contributed by atoms with Crippen molar-refractivity contribution in [3.8, 4) is 5.75 Å². The number of ether oxygens (including phenoxy) is 1. The molecule has 1 N–H and O–H groups in total. The molecule has 1 fully saturated rings. The van der Waals surface area contributed by atoms with Crippen LogP contribution >= 0.6 is 0 Å². The van der Waals surface area contributed by atoms with Gasteiger partial charge in [-0.25, -0.2) is 0 Å². The highest BCUT2D eigenvalue weighted by atomic mass is 19.4. The standard InChI is InChI=1S/C15H21F3N2O/c1-11(2)9-12-10-20(8-7-19-12)13-5-3-4-6-14(13)21-15(16,17)18/h3-6,11-12,19H,7-10H2,1-2H3. The van der Waals surface area contributed by atoms with Crippen LogP contribution in [0.3, 0.4) is 0 Å². The van der Waals surface area contributed by atoms with Crippen molar-refractivity contribution in [2.75, 3.05) is 24.5 Å². The molecule has 2 rings (SSSR count). The van der Waals surface area contributed by atoms with Crippen molar-refractivity contribution in [3.05, 3.63) is 24.3 Å². The van der Waals surface area contributed by atoms with Gasteiger partial charge in [0, 0.05) is 25.7 Å². The average Bonchev–Trinajstić information content (AvgIpc) is 2.37. The number of nitrogens with one attached hydrogen (secondary N) is 1. The molecule has 1 aliphatic rings. The van der Waals surface area contributed by atoms with Crippen molar-refractivity contribution in [2.45, 2.75) is 32.7 Å². The molecule has 1 aromatic rings. The van der Waals surface area contributed by atoms with E-state index in [9.17, 15) is 13.2 Å². The number of rotatable bonds is 4. The second-order valence-electron chi connectivity index (χ2n) is 5.74. The first-order chi connectivity index (χ1) is 9.85. The Hall–Kier alpha value is -1.43. The van der Waals surface area contributed by atoms with Gasteiger partial charge in [-0.1, -0.05) is 26.0 Å². The zero-order valence-corrected chi connectivity index (χ0v) is 12.3. The molecule has 6 heteroatoms. The number of hydrogen-bond donors (Lipinski definition) is 1. The zero-order valence-electron chi connectivity index (χ0n) is 12.3. The number of benzene rings is 1. The van der Waals surface area contributed by atoms with E-state index in [1.54, 1.807) is 18.2 Å². The third kappa shape index (κ3) is 4.81. The summed E-state index contributed by atoms with van der Waals surface area (Å²) in [5.74, 6) is 0.416. The van der Waals surface area contributed by atoms with Crippen LogP contribution in [0.15, 0.2) is 24.3 Å². The van der Waals surface area contributed by atoms with E-state index >= 15 is 0 Å². The summed E-state index contributed by atoms with van der Waals surface area (Å²) < 4.78 is 41.6. The Balaban J connectivity index is 2.13. The maximum atomic E-state index is 12.5. The van der Waals surface area contributed by atoms with Crippen molar-refractivity contribution in [1.29, 1.82) is 0 Å². The van der Waals surface area contributed by atoms with E-state index in [0.29, 0.717) is 24.7 Å². The third-order valence-corrected chi connectivity index (χ3v) is 3.44. The number of anilines is 1. The zero-order chi connectivity index (χ0) is 15.5. The number of para-hydroxylation sites is 2. The smallest absolute Gasteiger partial charge is 0.404 e. The molecular weight excluding hydrogens is 281 g/mol. The molecule has 1 unspecified atom stereocenters. The summed E-state index contributed by atoms with van der Waals surface area (Å²) in [6.07, 6.45) is -3.67. The van der Waals surface area contributed by atoms with Crippen LogP contribution in [-0.2, 0) is 0 Å². The first kappa shape index (κ1) is 15.9. The van der Waals surface area contributed by atoms with Crippen LogP contribution < -0.4 is 15.0 Å². The van der Waals surface area contributed by atoms with Gasteiger partial charge in [-0.3, -0.25) is 0 Å². The maximum absolute atomic E-state index is 12.5. The monoisotopic (exact) mass is 302 g/mol. The van der Waals surface area contributed by atoms with Gasteiger partial charge in [-0.15, -0.1) is 13.2 Å². The Morgan fingerprint density at radius 3 is 2.71 bits per heavy atom. The quantitative estimate of drug-likeness (QED) is 0.922. The molecule has 1 aliphatic heterocycles. The highest BCUT2D eigenvalue weighted by molar-refractivity contribution is 5.59. The number of alkyl halides is 3. The Labute approximate surface area is 123 Å². The van der Waals surface area contributed by atoms with Crippen LogP contribution in [0.1, 0.15) is 20.3 Å². The van der Waals surface area contributed by atoms with Crippen LogP contribution in [0.2, 0.25) is 0 Å². The highest BCUT2D eigenvalue weighted by Gasteiger charge is 2.33. The molecule has 0 saturated carbocycles. The van der Waals surface area contributed by atoms with E-state index in [-0.39, 0.29) is 11.8 Å². The molecule has 1 aromatic carbocycles. The fraction of sp³-hybridized carbons (Fsp3) is 0.600. The lowest BCUT2D eigenvalue weighted by Crippen LogP contribution is -2.51. The third-order valence-electron chi connectivity index (χ3n) is 3.44. The topological polar surface area (TPSA) is 24.5 Å². The molecule has 1 atom stereocenters. The van der Waals surface area contributed by atoms with Crippen LogP contribution in [-0.4, -0.2) is 32.0 Å². The summed E-state index contributed by atoms with van der Waals surface area (Å²) in [4.78, 5) is 1.96. The fourth-order valence-corrected chi connectivity index (χ4v) is 2.70. The van der Waals surface area contributed by atoms with Gasteiger partial charge in [-0.05, 0) is 24.5 Å². The van der Waals surface area contributed by atoms with E-state index in [1.165, 1.54) is 6.07 Å². The van der Waals surface area contributed by atoms with Crippen LogP contribution in [0, 0.1) is 5.92 Å². The molecule has 0 aliphatic carbocycles. The summed E-state index contributed by atoms with van der Waals surface area (Å²) in [6.45, 7) is 6.41. The summed E-state index contributed by atoms with van der Waals surface area (Å²) in [5.41, 5.74) is 0.505. The van der Waals surface area contributed by atoms with Gasteiger partial charge in [0.05, 0.1) is 5.69 Å². The van der Waals surface area contributed by atoms with Crippen LogP contribution in [0.5, 0.6) is 5.75 Å². The Kier molecular flexibility index (Phi) is 4.98. The van der Waals surface area contributed by atoms with Gasteiger partial charge in [0.1, 0.15) is 0 Å². The molecule has 0 aromatic heterocycles. The number of nitrogens with zero attached hydrogens (tertiary/aromatic N) is 1. The first-order valence-corrected chi connectivity index (χ1v) is 7.18. The first-order valence-electron chi connectivity index (χ1n) is 7.18. The molecule has 3 nitrogen and oxygen atoms in total. The van der Waals surface area contributed by atoms with Crippen LogP contribution in [0.4, 0.5) is 18.9 Å². The van der Waals surface area contributed by atoms with Gasteiger partial charge in [0.15, 0.2) is 5.75 Å². The Morgan fingerprint density at radius 2 is 2.05 bits per heavy atom. The van der Waals surface area contributed by atoms with E-state index in [4.69, 9.17) is 0 Å². The summed E-state index contributed by atoms with van der Waals surface area (Å²) in [7, 11) is 0. The van der Waals surface area contributed by atoms with Gasteiger partial charge in [0.25, 0.3) is 0 Å².